The number of nitrogens with one attached hydrogen (secondary N) is 2. The lowest BCUT2D eigenvalue weighted by Crippen LogP contribution is -2.28. The molecule has 0 saturated carbocycles. The van der Waals surface area contributed by atoms with Crippen molar-refractivity contribution in [3.8, 4) is 16.9 Å². The first-order valence-electron chi connectivity index (χ1n) is 10.2. The maximum Gasteiger partial charge on any atom is 0.258 e. The molecule has 4 aromatic rings. The van der Waals surface area contributed by atoms with E-state index in [9.17, 15) is 4.79 Å². The number of ether oxygens (including phenoxy) is 1. The predicted molar refractivity (Wildman–Crippen MR) is 117 cm³/mol. The summed E-state index contributed by atoms with van der Waals surface area (Å²) in [4.78, 5) is 25.3. The van der Waals surface area contributed by atoms with Gasteiger partial charge in [0.05, 0.1) is 11.4 Å². The maximum atomic E-state index is 13.1. The fourth-order valence-corrected chi connectivity index (χ4v) is 3.91. The molecule has 1 fully saturated rings. The minimum Gasteiger partial charge on any atom is -0.381 e. The highest BCUT2D eigenvalue weighted by Gasteiger charge is 2.16. The fraction of sp³-hybridized carbons (Fsp3) is 0.261. The van der Waals surface area contributed by atoms with Gasteiger partial charge in [-0.25, -0.2) is 9.97 Å². The standard InChI is InChI=1S/C23H23N5O2/c1-15-19(20-5-10-25-23(27-20)26-17-7-12-30-13-8-17)6-11-28(22(15)29)18-3-2-16-4-9-24-21(16)14-18/h2-6,9-11,14,17,24H,7-8,12-13H2,1H3,(H,25,26,27). The van der Waals surface area contributed by atoms with Crippen LogP contribution in [0.5, 0.6) is 0 Å². The van der Waals surface area contributed by atoms with Gasteiger partial charge in [-0.2, -0.15) is 0 Å². The van der Waals surface area contributed by atoms with E-state index >= 15 is 0 Å². The molecule has 7 heteroatoms. The van der Waals surface area contributed by atoms with Crippen molar-refractivity contribution >= 4 is 16.9 Å². The summed E-state index contributed by atoms with van der Waals surface area (Å²) in [5, 5.41) is 4.50. The highest BCUT2D eigenvalue weighted by molar-refractivity contribution is 5.81. The van der Waals surface area contributed by atoms with E-state index in [-0.39, 0.29) is 5.56 Å². The highest BCUT2D eigenvalue weighted by atomic mass is 16.5. The number of rotatable bonds is 4. The van der Waals surface area contributed by atoms with Crippen molar-refractivity contribution in [3.05, 3.63) is 70.9 Å². The van der Waals surface area contributed by atoms with Crippen molar-refractivity contribution in [3.63, 3.8) is 0 Å². The Morgan fingerprint density at radius 2 is 2.03 bits per heavy atom. The summed E-state index contributed by atoms with van der Waals surface area (Å²) >= 11 is 0. The van der Waals surface area contributed by atoms with Gasteiger partial charge in [0, 0.05) is 54.5 Å². The van der Waals surface area contributed by atoms with Crippen LogP contribution in [0.3, 0.4) is 0 Å². The molecule has 0 bridgehead atoms. The Balaban J connectivity index is 1.47. The summed E-state index contributed by atoms with van der Waals surface area (Å²) in [5.41, 5.74) is 3.97. The topological polar surface area (TPSA) is 84.8 Å². The van der Waals surface area contributed by atoms with E-state index in [0.29, 0.717) is 17.6 Å². The van der Waals surface area contributed by atoms with E-state index in [2.05, 4.69) is 20.3 Å². The van der Waals surface area contributed by atoms with Crippen molar-refractivity contribution < 1.29 is 4.74 Å². The number of pyridine rings is 1. The maximum absolute atomic E-state index is 13.1. The number of hydrogen-bond donors (Lipinski definition) is 2. The molecule has 0 spiro atoms. The SMILES string of the molecule is Cc1c(-c2ccnc(NC3CCOCC3)n2)ccn(-c2ccc3cc[nH]c3c2)c1=O. The number of fused-ring (bicyclic) bond motifs is 1. The first kappa shape index (κ1) is 18.6. The third kappa shape index (κ3) is 3.48. The second-order valence-corrected chi connectivity index (χ2v) is 7.58. The Morgan fingerprint density at radius 1 is 1.17 bits per heavy atom. The highest BCUT2D eigenvalue weighted by Crippen LogP contribution is 2.22. The molecular formula is C23H23N5O2. The minimum absolute atomic E-state index is 0.0593. The number of hydrogen-bond acceptors (Lipinski definition) is 5. The molecule has 5 rings (SSSR count). The van der Waals surface area contributed by atoms with E-state index in [0.717, 1.165) is 53.9 Å². The molecule has 152 valence electrons. The number of anilines is 1. The normalized spacial score (nSPS) is 14.8. The van der Waals surface area contributed by atoms with Gasteiger partial charge in [-0.05, 0) is 55.5 Å². The smallest absolute Gasteiger partial charge is 0.258 e. The monoisotopic (exact) mass is 401 g/mol. The van der Waals surface area contributed by atoms with Crippen LogP contribution in [-0.4, -0.2) is 38.8 Å². The van der Waals surface area contributed by atoms with E-state index in [1.165, 1.54) is 0 Å². The zero-order valence-corrected chi connectivity index (χ0v) is 16.8. The summed E-state index contributed by atoms with van der Waals surface area (Å²) in [5.74, 6) is 0.583. The molecule has 7 nitrogen and oxygen atoms in total. The van der Waals surface area contributed by atoms with Crippen molar-refractivity contribution in [1.82, 2.24) is 19.5 Å². The quantitative estimate of drug-likeness (QED) is 0.545. The van der Waals surface area contributed by atoms with Crippen molar-refractivity contribution in [1.29, 1.82) is 0 Å². The Hall–Kier alpha value is -3.45. The van der Waals surface area contributed by atoms with Gasteiger partial charge in [0.1, 0.15) is 0 Å². The van der Waals surface area contributed by atoms with Crippen molar-refractivity contribution in [2.75, 3.05) is 18.5 Å². The van der Waals surface area contributed by atoms with Crippen LogP contribution in [0.4, 0.5) is 5.95 Å². The fourth-order valence-electron chi connectivity index (χ4n) is 3.91. The molecule has 0 unspecified atom stereocenters. The van der Waals surface area contributed by atoms with Gasteiger partial charge in [0.25, 0.3) is 5.56 Å². The molecule has 0 radical (unpaired) electrons. The van der Waals surface area contributed by atoms with Gasteiger partial charge < -0.3 is 15.0 Å². The van der Waals surface area contributed by atoms with E-state index in [1.807, 2.05) is 55.7 Å². The minimum atomic E-state index is -0.0593. The zero-order valence-electron chi connectivity index (χ0n) is 16.8. The van der Waals surface area contributed by atoms with Crippen LogP contribution >= 0.6 is 0 Å². The zero-order chi connectivity index (χ0) is 20.5. The second-order valence-electron chi connectivity index (χ2n) is 7.58. The molecule has 1 saturated heterocycles. The number of aromatic nitrogens is 4. The van der Waals surface area contributed by atoms with Crippen LogP contribution < -0.4 is 10.9 Å². The molecule has 1 aliphatic heterocycles. The van der Waals surface area contributed by atoms with Crippen LogP contribution in [0.2, 0.25) is 0 Å². The predicted octanol–water partition coefficient (Wildman–Crippen LogP) is 3.68. The number of benzene rings is 1. The van der Waals surface area contributed by atoms with Gasteiger partial charge in [0.2, 0.25) is 5.95 Å². The van der Waals surface area contributed by atoms with E-state index < -0.39 is 0 Å². The molecule has 2 N–H and O–H groups in total. The summed E-state index contributed by atoms with van der Waals surface area (Å²) in [6.07, 6.45) is 7.31. The molecule has 3 aromatic heterocycles. The van der Waals surface area contributed by atoms with Gasteiger partial charge in [-0.1, -0.05) is 6.07 Å². The van der Waals surface area contributed by atoms with E-state index in [1.54, 1.807) is 10.8 Å². The van der Waals surface area contributed by atoms with Crippen molar-refractivity contribution in [2.24, 2.45) is 0 Å². The molecule has 30 heavy (non-hydrogen) atoms. The van der Waals surface area contributed by atoms with Crippen LogP contribution in [0.25, 0.3) is 27.8 Å². The average molecular weight is 401 g/mol. The Morgan fingerprint density at radius 3 is 2.90 bits per heavy atom. The Labute approximate surface area is 173 Å². The number of nitrogens with zero attached hydrogens (tertiary/aromatic N) is 3. The van der Waals surface area contributed by atoms with Gasteiger partial charge in [-0.15, -0.1) is 0 Å². The van der Waals surface area contributed by atoms with Gasteiger partial charge in [0.15, 0.2) is 0 Å². The van der Waals surface area contributed by atoms with Crippen LogP contribution in [-0.2, 0) is 4.74 Å². The first-order chi connectivity index (χ1) is 14.7. The summed E-state index contributed by atoms with van der Waals surface area (Å²) in [6.45, 7) is 3.35. The van der Waals surface area contributed by atoms with Gasteiger partial charge in [-0.3, -0.25) is 9.36 Å². The number of aromatic amines is 1. The summed E-state index contributed by atoms with van der Waals surface area (Å²) in [7, 11) is 0. The average Bonchev–Trinajstić information content (AvgIpc) is 3.24. The lowest BCUT2D eigenvalue weighted by Gasteiger charge is -2.23. The van der Waals surface area contributed by atoms with Crippen LogP contribution in [0, 0.1) is 6.92 Å². The Kier molecular flexibility index (Phi) is 4.80. The van der Waals surface area contributed by atoms with Crippen molar-refractivity contribution in [2.45, 2.75) is 25.8 Å². The molecule has 0 amide bonds. The second kappa shape index (κ2) is 7.76. The van der Waals surface area contributed by atoms with E-state index in [4.69, 9.17) is 4.74 Å². The van der Waals surface area contributed by atoms with Crippen LogP contribution in [0.15, 0.2) is 59.8 Å². The molecule has 0 atom stereocenters. The largest absolute Gasteiger partial charge is 0.381 e. The lowest BCUT2D eigenvalue weighted by atomic mass is 10.1. The Bertz CT molecular complexity index is 1250. The molecular weight excluding hydrogens is 378 g/mol. The van der Waals surface area contributed by atoms with Gasteiger partial charge >= 0.3 is 0 Å². The third-order valence-electron chi connectivity index (χ3n) is 5.64. The molecule has 0 aliphatic carbocycles. The third-order valence-corrected chi connectivity index (χ3v) is 5.64. The first-order valence-corrected chi connectivity index (χ1v) is 10.2. The summed E-state index contributed by atoms with van der Waals surface area (Å²) in [6, 6.07) is 12.1. The molecule has 4 heterocycles. The number of H-pyrrole nitrogens is 1. The molecule has 1 aliphatic rings. The molecule has 1 aromatic carbocycles. The van der Waals surface area contributed by atoms with Crippen LogP contribution in [0.1, 0.15) is 18.4 Å². The summed E-state index contributed by atoms with van der Waals surface area (Å²) < 4.78 is 7.07. The lowest BCUT2D eigenvalue weighted by molar-refractivity contribution is 0.0903.